The minimum Gasteiger partial charge on any atom is -0.497 e. The molecule has 9 nitrogen and oxygen atoms in total. The third-order valence-corrected chi connectivity index (χ3v) is 4.15. The Morgan fingerprint density at radius 3 is 2.88 bits per heavy atom. The summed E-state index contributed by atoms with van der Waals surface area (Å²) in [5.74, 6) is -0.595. The maximum absolute atomic E-state index is 12.8. The first-order chi connectivity index (χ1) is 12.0. The molecule has 3 N–H and O–H groups in total. The van der Waals surface area contributed by atoms with Crippen molar-refractivity contribution in [3.8, 4) is 5.75 Å². The molecule has 136 valence electrons. The monoisotopic (exact) mass is 350 g/mol. The number of benzene rings is 1. The molecule has 1 heterocycles. The van der Waals surface area contributed by atoms with Crippen LogP contribution in [-0.4, -0.2) is 54.9 Å². The molecule has 1 fully saturated rings. The van der Waals surface area contributed by atoms with E-state index >= 15 is 0 Å². The van der Waals surface area contributed by atoms with Crippen molar-refractivity contribution in [1.82, 2.24) is 10.2 Å². The topological polar surface area (TPSA) is 128 Å². The van der Waals surface area contributed by atoms with Gasteiger partial charge in [0.15, 0.2) is 0 Å². The predicted molar refractivity (Wildman–Crippen MR) is 90.3 cm³/mol. The van der Waals surface area contributed by atoms with Gasteiger partial charge in [-0.2, -0.15) is 0 Å². The summed E-state index contributed by atoms with van der Waals surface area (Å²) in [6.07, 6.45) is 1.32. The van der Waals surface area contributed by atoms with Crippen LogP contribution in [0.25, 0.3) is 0 Å². The van der Waals surface area contributed by atoms with Gasteiger partial charge in [-0.3, -0.25) is 19.7 Å². The second-order valence-electron chi connectivity index (χ2n) is 5.81. The number of nitro groups is 1. The van der Waals surface area contributed by atoms with E-state index < -0.39 is 10.8 Å². The number of hydrogen-bond donors (Lipinski definition) is 2. The maximum atomic E-state index is 12.8. The minimum atomic E-state index is -0.595. The minimum absolute atomic E-state index is 0.0348. The molecule has 1 aliphatic rings. The molecule has 1 atom stereocenters. The van der Waals surface area contributed by atoms with Gasteiger partial charge < -0.3 is 20.7 Å². The molecule has 0 saturated carbocycles. The molecule has 0 radical (unpaired) electrons. The number of hydrogen-bond acceptors (Lipinski definition) is 6. The van der Waals surface area contributed by atoms with Crippen LogP contribution in [0.3, 0.4) is 0 Å². The molecule has 25 heavy (non-hydrogen) atoms. The molecule has 0 bridgehead atoms. The average molecular weight is 350 g/mol. The van der Waals surface area contributed by atoms with E-state index in [1.165, 1.54) is 30.2 Å². The van der Waals surface area contributed by atoms with E-state index in [1.807, 2.05) is 0 Å². The number of nitro benzene ring substituents is 1. The van der Waals surface area contributed by atoms with Crippen molar-refractivity contribution >= 4 is 17.5 Å². The third kappa shape index (κ3) is 4.44. The van der Waals surface area contributed by atoms with Crippen LogP contribution in [0.5, 0.6) is 5.75 Å². The number of carbonyl (C=O) groups excluding carboxylic acids is 2. The number of rotatable bonds is 6. The van der Waals surface area contributed by atoms with Crippen molar-refractivity contribution < 1.29 is 19.2 Å². The standard InChI is InChI=1S/C16H22N4O5/c1-25-12-4-5-14(20(23)24)13(9-12)16(22)19-8-2-3-11(10-19)15(21)18-7-6-17/h4-5,9,11H,2-3,6-8,10,17H2,1H3,(H,18,21). The number of methoxy groups -OCH3 is 1. The fraction of sp³-hybridized carbons (Fsp3) is 0.500. The summed E-state index contributed by atoms with van der Waals surface area (Å²) >= 11 is 0. The number of nitrogens with zero attached hydrogens (tertiary/aromatic N) is 2. The van der Waals surface area contributed by atoms with Crippen molar-refractivity contribution in [2.24, 2.45) is 11.7 Å². The van der Waals surface area contributed by atoms with Crippen molar-refractivity contribution in [2.75, 3.05) is 33.3 Å². The lowest BCUT2D eigenvalue weighted by atomic mass is 9.96. The van der Waals surface area contributed by atoms with Gasteiger partial charge in [-0.1, -0.05) is 0 Å². The number of amides is 2. The molecular formula is C16H22N4O5. The van der Waals surface area contributed by atoms with Gasteiger partial charge in [-0.05, 0) is 25.0 Å². The highest BCUT2D eigenvalue weighted by Crippen LogP contribution is 2.27. The van der Waals surface area contributed by atoms with E-state index in [1.54, 1.807) is 0 Å². The molecule has 0 aromatic heterocycles. The molecule has 9 heteroatoms. The number of likely N-dealkylation sites (tertiary alicyclic amines) is 1. The Labute approximate surface area is 145 Å². The van der Waals surface area contributed by atoms with Crippen LogP contribution in [0, 0.1) is 16.0 Å². The van der Waals surface area contributed by atoms with Gasteiger partial charge in [0.05, 0.1) is 18.0 Å². The Hall–Kier alpha value is -2.68. The zero-order valence-electron chi connectivity index (χ0n) is 14.1. The van der Waals surface area contributed by atoms with E-state index in [0.29, 0.717) is 38.2 Å². The van der Waals surface area contributed by atoms with Crippen molar-refractivity contribution in [1.29, 1.82) is 0 Å². The third-order valence-electron chi connectivity index (χ3n) is 4.15. The molecule has 1 unspecified atom stereocenters. The van der Waals surface area contributed by atoms with Gasteiger partial charge in [-0.15, -0.1) is 0 Å². The highest BCUT2D eigenvalue weighted by molar-refractivity contribution is 5.99. The summed E-state index contributed by atoms with van der Waals surface area (Å²) in [6.45, 7) is 1.40. The first kappa shape index (κ1) is 18.7. The fourth-order valence-corrected chi connectivity index (χ4v) is 2.86. The molecule has 2 amide bonds. The summed E-state index contributed by atoms with van der Waals surface area (Å²) in [6, 6.07) is 4.05. The summed E-state index contributed by atoms with van der Waals surface area (Å²) in [5, 5.41) is 13.9. The van der Waals surface area contributed by atoms with Crippen LogP contribution in [0.15, 0.2) is 18.2 Å². The van der Waals surface area contributed by atoms with E-state index in [4.69, 9.17) is 10.5 Å². The Morgan fingerprint density at radius 2 is 2.24 bits per heavy atom. The highest BCUT2D eigenvalue weighted by Gasteiger charge is 2.31. The number of carbonyl (C=O) groups is 2. The van der Waals surface area contributed by atoms with Crippen molar-refractivity contribution in [3.05, 3.63) is 33.9 Å². The number of nitrogens with two attached hydrogens (primary N) is 1. The second-order valence-corrected chi connectivity index (χ2v) is 5.81. The zero-order chi connectivity index (χ0) is 18.4. The lowest BCUT2D eigenvalue weighted by molar-refractivity contribution is -0.385. The highest BCUT2D eigenvalue weighted by atomic mass is 16.6. The summed E-state index contributed by atoms with van der Waals surface area (Å²) < 4.78 is 5.06. The lowest BCUT2D eigenvalue weighted by Crippen LogP contribution is -2.46. The Morgan fingerprint density at radius 1 is 1.48 bits per heavy atom. The Balaban J connectivity index is 2.19. The van der Waals surface area contributed by atoms with Crippen LogP contribution in [0.2, 0.25) is 0 Å². The van der Waals surface area contributed by atoms with Gasteiger partial charge in [-0.25, -0.2) is 0 Å². The SMILES string of the molecule is COc1ccc([N+](=O)[O-])c(C(=O)N2CCCC(C(=O)NCCN)C2)c1. The largest absolute Gasteiger partial charge is 0.497 e. The normalized spacial score (nSPS) is 17.0. The van der Waals surface area contributed by atoms with Crippen LogP contribution >= 0.6 is 0 Å². The van der Waals surface area contributed by atoms with Gasteiger partial charge in [0.2, 0.25) is 5.91 Å². The van der Waals surface area contributed by atoms with Crippen LogP contribution in [0.4, 0.5) is 5.69 Å². The maximum Gasteiger partial charge on any atom is 0.282 e. The molecule has 1 aromatic carbocycles. The Bertz CT molecular complexity index is 664. The summed E-state index contributed by atoms with van der Waals surface area (Å²) in [7, 11) is 1.42. The van der Waals surface area contributed by atoms with Gasteiger partial charge in [0.1, 0.15) is 11.3 Å². The average Bonchev–Trinajstić information content (AvgIpc) is 2.64. The van der Waals surface area contributed by atoms with E-state index in [-0.39, 0.29) is 29.6 Å². The molecule has 0 aliphatic carbocycles. The van der Waals surface area contributed by atoms with Crippen LogP contribution in [-0.2, 0) is 4.79 Å². The number of ether oxygens (including phenoxy) is 1. The molecule has 2 rings (SSSR count). The van der Waals surface area contributed by atoms with Gasteiger partial charge in [0.25, 0.3) is 11.6 Å². The van der Waals surface area contributed by atoms with E-state index in [2.05, 4.69) is 5.32 Å². The van der Waals surface area contributed by atoms with Crippen LogP contribution < -0.4 is 15.8 Å². The smallest absolute Gasteiger partial charge is 0.282 e. The summed E-state index contributed by atoms with van der Waals surface area (Å²) in [5.41, 5.74) is 5.06. The first-order valence-electron chi connectivity index (χ1n) is 8.07. The number of piperidine rings is 1. The Kier molecular flexibility index (Phi) is 6.29. The second kappa shape index (κ2) is 8.43. The van der Waals surface area contributed by atoms with Gasteiger partial charge in [0, 0.05) is 32.2 Å². The predicted octanol–water partition coefficient (Wildman–Crippen LogP) is 0.531. The lowest BCUT2D eigenvalue weighted by Gasteiger charge is -2.32. The molecule has 1 aromatic rings. The van der Waals surface area contributed by atoms with Gasteiger partial charge >= 0.3 is 0 Å². The van der Waals surface area contributed by atoms with Crippen molar-refractivity contribution in [3.63, 3.8) is 0 Å². The summed E-state index contributed by atoms with van der Waals surface area (Å²) in [4.78, 5) is 37.0. The van der Waals surface area contributed by atoms with E-state index in [0.717, 1.165) is 0 Å². The van der Waals surface area contributed by atoms with Crippen molar-refractivity contribution in [2.45, 2.75) is 12.8 Å². The first-order valence-corrected chi connectivity index (χ1v) is 8.07. The molecule has 1 saturated heterocycles. The molecule has 0 spiro atoms. The van der Waals surface area contributed by atoms with E-state index in [9.17, 15) is 19.7 Å². The van der Waals surface area contributed by atoms with Crippen LogP contribution in [0.1, 0.15) is 23.2 Å². The number of nitrogens with one attached hydrogen (secondary N) is 1. The molecular weight excluding hydrogens is 328 g/mol. The fourth-order valence-electron chi connectivity index (χ4n) is 2.86. The zero-order valence-corrected chi connectivity index (χ0v) is 14.1. The molecule has 1 aliphatic heterocycles. The quantitative estimate of drug-likeness (QED) is 0.569.